The van der Waals surface area contributed by atoms with Crippen LogP contribution < -0.4 is 10.4 Å². The molecule has 5 heteroatoms. The van der Waals surface area contributed by atoms with E-state index in [4.69, 9.17) is 9.15 Å². The fraction of sp³-hybridized carbons (Fsp3) is 0.231. The van der Waals surface area contributed by atoms with Crippen molar-refractivity contribution in [1.29, 1.82) is 0 Å². The first-order valence-corrected chi connectivity index (χ1v) is 6.46. The molecule has 1 heterocycles. The summed E-state index contributed by atoms with van der Waals surface area (Å²) in [6, 6.07) is 5.00. The Hall–Kier alpha value is -1.62. The summed E-state index contributed by atoms with van der Waals surface area (Å²) in [6.07, 6.45) is 0. The molecule has 1 aromatic heterocycles. The highest BCUT2D eigenvalue weighted by Crippen LogP contribution is 2.24. The van der Waals surface area contributed by atoms with E-state index in [1.807, 2.05) is 6.92 Å². The minimum Gasteiger partial charge on any atom is -0.427 e. The number of benzene rings is 1. The zero-order valence-electron chi connectivity index (χ0n) is 9.95. The van der Waals surface area contributed by atoms with Crippen LogP contribution in [-0.4, -0.2) is 5.97 Å². The van der Waals surface area contributed by atoms with Crippen LogP contribution in [0.25, 0.3) is 11.0 Å². The number of ether oxygens (including phenoxy) is 1. The maximum absolute atomic E-state index is 11.7. The maximum Gasteiger partial charge on any atom is 0.340 e. The second-order valence-corrected chi connectivity index (χ2v) is 4.44. The number of fused-ring (bicyclic) bond motifs is 1. The maximum atomic E-state index is 11.7. The summed E-state index contributed by atoms with van der Waals surface area (Å²) in [5.74, 6) is -0.0466. The highest BCUT2D eigenvalue weighted by atomic mass is 79.9. The van der Waals surface area contributed by atoms with Gasteiger partial charge in [-0.25, -0.2) is 4.79 Å². The first-order chi connectivity index (χ1) is 8.52. The van der Waals surface area contributed by atoms with Crippen molar-refractivity contribution < 1.29 is 13.9 Å². The third kappa shape index (κ3) is 2.31. The molecule has 2 aromatic rings. The van der Waals surface area contributed by atoms with Crippen LogP contribution in [0.5, 0.6) is 5.75 Å². The molecule has 0 saturated heterocycles. The lowest BCUT2D eigenvalue weighted by atomic mass is 10.1. The zero-order valence-corrected chi connectivity index (χ0v) is 11.5. The highest BCUT2D eigenvalue weighted by Gasteiger charge is 2.11. The molecule has 0 N–H and O–H groups in total. The molecule has 0 aliphatic rings. The summed E-state index contributed by atoms with van der Waals surface area (Å²) in [5, 5.41) is 1.28. The lowest BCUT2D eigenvalue weighted by Crippen LogP contribution is -2.08. The summed E-state index contributed by atoms with van der Waals surface area (Å²) < 4.78 is 10.2. The molecule has 0 amide bonds. The number of aryl methyl sites for hydroxylation is 1. The molecule has 18 heavy (non-hydrogen) atoms. The van der Waals surface area contributed by atoms with Crippen molar-refractivity contribution in [3.05, 3.63) is 39.7 Å². The average molecular weight is 311 g/mol. The molecule has 0 fully saturated rings. The number of halogens is 1. The van der Waals surface area contributed by atoms with E-state index >= 15 is 0 Å². The van der Waals surface area contributed by atoms with Gasteiger partial charge in [-0.15, -0.1) is 0 Å². The van der Waals surface area contributed by atoms with Crippen LogP contribution >= 0.6 is 15.9 Å². The Labute approximate surface area is 112 Å². The van der Waals surface area contributed by atoms with E-state index in [1.165, 1.54) is 6.92 Å². The Kier molecular flexibility index (Phi) is 3.52. The highest BCUT2D eigenvalue weighted by molar-refractivity contribution is 9.08. The number of carbonyl (C=O) groups is 1. The van der Waals surface area contributed by atoms with Gasteiger partial charge in [0.2, 0.25) is 0 Å². The van der Waals surface area contributed by atoms with Crippen molar-refractivity contribution in [2.24, 2.45) is 0 Å². The summed E-state index contributed by atoms with van der Waals surface area (Å²) in [6.45, 7) is 3.18. The molecular weight excluding hydrogens is 300 g/mol. The van der Waals surface area contributed by atoms with Crippen molar-refractivity contribution in [1.82, 2.24) is 0 Å². The van der Waals surface area contributed by atoms with Gasteiger partial charge in [0.1, 0.15) is 11.3 Å². The van der Waals surface area contributed by atoms with Gasteiger partial charge < -0.3 is 9.15 Å². The predicted octanol–water partition coefficient (Wildman–Crippen LogP) is 2.92. The molecule has 0 spiro atoms. The van der Waals surface area contributed by atoms with E-state index in [1.54, 1.807) is 18.2 Å². The molecule has 0 atom stereocenters. The molecule has 0 saturated carbocycles. The monoisotopic (exact) mass is 310 g/mol. The van der Waals surface area contributed by atoms with Crippen LogP contribution in [0.2, 0.25) is 0 Å². The smallest absolute Gasteiger partial charge is 0.340 e. The van der Waals surface area contributed by atoms with Gasteiger partial charge in [-0.3, -0.25) is 4.79 Å². The van der Waals surface area contributed by atoms with E-state index in [9.17, 15) is 9.59 Å². The lowest BCUT2D eigenvalue weighted by molar-refractivity contribution is -0.131. The SMILES string of the molecule is CC(=O)Oc1ccc2c(C)c(CBr)c(=O)oc2c1. The van der Waals surface area contributed by atoms with Gasteiger partial charge in [0.15, 0.2) is 0 Å². The summed E-state index contributed by atoms with van der Waals surface area (Å²) in [4.78, 5) is 22.6. The fourth-order valence-electron chi connectivity index (χ4n) is 1.76. The number of carbonyl (C=O) groups excluding carboxylic acids is 1. The Balaban J connectivity index is 2.65. The number of hydrogen-bond acceptors (Lipinski definition) is 4. The van der Waals surface area contributed by atoms with Gasteiger partial charge >= 0.3 is 11.6 Å². The summed E-state index contributed by atoms with van der Waals surface area (Å²) in [7, 11) is 0. The predicted molar refractivity (Wildman–Crippen MR) is 71.2 cm³/mol. The Morgan fingerprint density at radius 1 is 1.44 bits per heavy atom. The molecule has 1 aromatic carbocycles. The van der Waals surface area contributed by atoms with Gasteiger partial charge in [-0.1, -0.05) is 15.9 Å². The van der Waals surface area contributed by atoms with Crippen molar-refractivity contribution in [2.75, 3.05) is 0 Å². The Morgan fingerprint density at radius 3 is 2.78 bits per heavy atom. The molecule has 2 rings (SSSR count). The quantitative estimate of drug-likeness (QED) is 0.370. The van der Waals surface area contributed by atoms with Gasteiger partial charge in [-0.2, -0.15) is 0 Å². The van der Waals surface area contributed by atoms with Crippen LogP contribution in [0.1, 0.15) is 18.1 Å². The third-order valence-corrected chi connectivity index (χ3v) is 3.21. The van der Waals surface area contributed by atoms with Crippen molar-refractivity contribution in [3.63, 3.8) is 0 Å². The topological polar surface area (TPSA) is 56.5 Å². The van der Waals surface area contributed by atoms with Crippen LogP contribution in [0, 0.1) is 6.92 Å². The molecule has 0 unspecified atom stereocenters. The molecule has 0 bridgehead atoms. The van der Waals surface area contributed by atoms with Crippen LogP contribution in [0.4, 0.5) is 0 Å². The molecule has 0 aliphatic heterocycles. The Bertz CT molecular complexity index is 672. The fourth-order valence-corrected chi connectivity index (χ4v) is 2.41. The zero-order chi connectivity index (χ0) is 13.3. The first-order valence-electron chi connectivity index (χ1n) is 5.33. The number of hydrogen-bond donors (Lipinski definition) is 0. The third-order valence-electron chi connectivity index (χ3n) is 2.65. The molecule has 94 valence electrons. The van der Waals surface area contributed by atoms with Gasteiger partial charge in [0.25, 0.3) is 0 Å². The molecule has 0 aliphatic carbocycles. The lowest BCUT2D eigenvalue weighted by Gasteiger charge is -2.07. The van der Waals surface area contributed by atoms with Crippen molar-refractivity contribution >= 4 is 32.9 Å². The van der Waals surface area contributed by atoms with E-state index in [0.29, 0.717) is 22.2 Å². The summed E-state index contributed by atoms with van der Waals surface area (Å²) >= 11 is 3.26. The largest absolute Gasteiger partial charge is 0.427 e. The molecule has 0 radical (unpaired) electrons. The first kappa shape index (κ1) is 12.8. The van der Waals surface area contributed by atoms with Crippen molar-refractivity contribution in [3.8, 4) is 5.75 Å². The summed E-state index contributed by atoms with van der Waals surface area (Å²) in [5.41, 5.74) is 1.51. The van der Waals surface area contributed by atoms with Gasteiger partial charge in [0.05, 0.1) is 5.56 Å². The van der Waals surface area contributed by atoms with Gasteiger partial charge in [-0.05, 0) is 24.6 Å². The second-order valence-electron chi connectivity index (χ2n) is 3.88. The minimum atomic E-state index is -0.412. The van der Waals surface area contributed by atoms with E-state index < -0.39 is 5.97 Å². The van der Waals surface area contributed by atoms with E-state index in [-0.39, 0.29) is 5.63 Å². The van der Waals surface area contributed by atoms with Crippen LogP contribution in [-0.2, 0) is 10.1 Å². The molecular formula is C13H11BrO4. The molecule has 4 nitrogen and oxygen atoms in total. The average Bonchev–Trinajstić information content (AvgIpc) is 2.28. The van der Waals surface area contributed by atoms with Crippen molar-refractivity contribution in [2.45, 2.75) is 19.2 Å². The number of rotatable bonds is 2. The standard InChI is InChI=1S/C13H11BrO4/c1-7-10-4-3-9(17-8(2)15)5-12(10)18-13(16)11(7)6-14/h3-5H,6H2,1-2H3. The number of alkyl halides is 1. The van der Waals surface area contributed by atoms with E-state index in [2.05, 4.69) is 15.9 Å². The normalized spacial score (nSPS) is 10.6. The van der Waals surface area contributed by atoms with Crippen LogP contribution in [0.3, 0.4) is 0 Å². The Morgan fingerprint density at radius 2 is 2.17 bits per heavy atom. The minimum absolute atomic E-state index is 0.365. The number of esters is 1. The second kappa shape index (κ2) is 4.94. The van der Waals surface area contributed by atoms with E-state index in [0.717, 1.165) is 10.9 Å². The van der Waals surface area contributed by atoms with Crippen LogP contribution in [0.15, 0.2) is 27.4 Å². The van der Waals surface area contributed by atoms with Gasteiger partial charge in [0, 0.05) is 23.7 Å².